The van der Waals surface area contributed by atoms with Crippen LogP contribution in [0.2, 0.25) is 12.6 Å². The second-order valence-electron chi connectivity index (χ2n) is 4.14. The highest BCUT2D eigenvalue weighted by atomic mass is 16.5. The van der Waals surface area contributed by atoms with Crippen molar-refractivity contribution >= 4 is 6.71 Å². The Morgan fingerprint density at radius 1 is 1.13 bits per heavy atom. The smallest absolute Gasteiger partial charge is 0.147 e. The van der Waals surface area contributed by atoms with E-state index in [2.05, 4.69) is 32.9 Å². The molecule has 0 aromatic heterocycles. The van der Waals surface area contributed by atoms with Crippen LogP contribution < -0.4 is 4.74 Å². The number of ether oxygens (including phenoxy) is 1. The third-order valence-corrected chi connectivity index (χ3v) is 3.40. The molecule has 0 bridgehead atoms. The first-order chi connectivity index (χ1) is 7.22. The van der Waals surface area contributed by atoms with Crippen molar-refractivity contribution in [1.82, 2.24) is 0 Å². The average Bonchev–Trinajstić information content (AvgIpc) is 2.30. The van der Waals surface area contributed by atoms with E-state index in [1.54, 1.807) is 7.11 Å². The number of hydrogen-bond acceptors (Lipinski definition) is 1. The van der Waals surface area contributed by atoms with Crippen LogP contribution in [0.1, 0.15) is 32.2 Å². The van der Waals surface area contributed by atoms with Gasteiger partial charge in [-0.2, -0.15) is 0 Å². The van der Waals surface area contributed by atoms with Crippen molar-refractivity contribution in [3.05, 3.63) is 29.8 Å². The second kappa shape index (κ2) is 5.84. The molecular weight excluding hydrogens is 183 g/mol. The van der Waals surface area contributed by atoms with Crippen molar-refractivity contribution in [2.24, 2.45) is 0 Å². The third-order valence-electron chi connectivity index (χ3n) is 3.40. The van der Waals surface area contributed by atoms with Crippen molar-refractivity contribution in [1.29, 1.82) is 0 Å². The van der Waals surface area contributed by atoms with E-state index in [-0.39, 0.29) is 0 Å². The van der Waals surface area contributed by atoms with E-state index in [1.807, 2.05) is 12.1 Å². The second-order valence-corrected chi connectivity index (χ2v) is 4.14. The minimum absolute atomic E-state index is 0.644. The molecule has 1 aromatic carbocycles. The molecule has 0 saturated carbocycles. The summed E-state index contributed by atoms with van der Waals surface area (Å²) >= 11 is 0. The summed E-state index contributed by atoms with van der Waals surface area (Å²) < 4.78 is 5.16. The van der Waals surface area contributed by atoms with Gasteiger partial charge in [-0.1, -0.05) is 51.1 Å². The third kappa shape index (κ3) is 3.02. The summed E-state index contributed by atoms with van der Waals surface area (Å²) in [6.07, 6.45) is 2.51. The van der Waals surface area contributed by atoms with E-state index in [4.69, 9.17) is 4.74 Å². The zero-order chi connectivity index (χ0) is 11.3. The molecule has 0 saturated heterocycles. The van der Waals surface area contributed by atoms with Gasteiger partial charge in [0.05, 0.1) is 7.11 Å². The van der Waals surface area contributed by atoms with Gasteiger partial charge in [-0.05, 0) is 17.9 Å². The van der Waals surface area contributed by atoms with E-state index < -0.39 is 0 Å². The van der Waals surface area contributed by atoms with E-state index >= 15 is 0 Å². The Kier molecular flexibility index (Phi) is 4.74. The van der Waals surface area contributed by atoms with E-state index in [9.17, 15) is 0 Å². The molecule has 0 aliphatic heterocycles. The van der Waals surface area contributed by atoms with E-state index in [0.717, 1.165) is 12.5 Å². The largest absolute Gasteiger partial charge is 0.497 e. The van der Waals surface area contributed by atoms with Crippen molar-refractivity contribution in [2.45, 2.75) is 39.2 Å². The highest BCUT2D eigenvalue weighted by Crippen LogP contribution is 2.24. The van der Waals surface area contributed by atoms with Gasteiger partial charge < -0.3 is 4.74 Å². The van der Waals surface area contributed by atoms with Crippen LogP contribution in [0, 0.1) is 0 Å². The Balaban J connectivity index is 2.76. The van der Waals surface area contributed by atoms with Gasteiger partial charge in [0.1, 0.15) is 12.5 Å². The Morgan fingerprint density at radius 3 is 2.07 bits per heavy atom. The molecule has 1 atom stereocenters. The van der Waals surface area contributed by atoms with Crippen LogP contribution in [-0.2, 0) is 0 Å². The fraction of sp³-hybridized carbons (Fsp3) is 0.538. The summed E-state index contributed by atoms with van der Waals surface area (Å²) in [5, 5.41) is 0. The van der Waals surface area contributed by atoms with Crippen LogP contribution in [0.25, 0.3) is 0 Å². The molecule has 0 aliphatic rings. The molecule has 0 radical (unpaired) electrons. The first-order valence-corrected chi connectivity index (χ1v) is 5.86. The molecule has 1 unspecified atom stereocenters. The molecule has 2 heteroatoms. The first-order valence-electron chi connectivity index (χ1n) is 5.86. The number of rotatable bonds is 5. The summed E-state index contributed by atoms with van der Waals surface area (Å²) in [7, 11) is 1.71. The fourth-order valence-electron chi connectivity index (χ4n) is 2.18. The summed E-state index contributed by atoms with van der Waals surface area (Å²) in [5.41, 5.74) is 1.42. The summed E-state index contributed by atoms with van der Waals surface area (Å²) in [6.45, 7) is 7.65. The zero-order valence-electron chi connectivity index (χ0n) is 10.3. The Hall–Kier alpha value is -0.915. The lowest BCUT2D eigenvalue weighted by Gasteiger charge is -2.18. The van der Waals surface area contributed by atoms with E-state index in [0.29, 0.717) is 5.82 Å². The SMILES string of the molecule is CCB(CC)C(C)c1ccc(OC)cc1. The van der Waals surface area contributed by atoms with Gasteiger partial charge in [-0.3, -0.25) is 0 Å². The Morgan fingerprint density at radius 2 is 1.67 bits per heavy atom. The number of hydrogen-bond donors (Lipinski definition) is 0. The van der Waals surface area contributed by atoms with Gasteiger partial charge in [-0.15, -0.1) is 0 Å². The zero-order valence-corrected chi connectivity index (χ0v) is 10.3. The summed E-state index contributed by atoms with van der Waals surface area (Å²) in [5.74, 6) is 1.58. The van der Waals surface area contributed by atoms with Gasteiger partial charge in [0, 0.05) is 0 Å². The maximum absolute atomic E-state index is 5.16. The van der Waals surface area contributed by atoms with Gasteiger partial charge in [0.15, 0.2) is 0 Å². The molecule has 1 nitrogen and oxygen atoms in total. The van der Waals surface area contributed by atoms with Gasteiger partial charge >= 0.3 is 0 Å². The van der Waals surface area contributed by atoms with Gasteiger partial charge in [0.2, 0.25) is 0 Å². The number of benzene rings is 1. The van der Waals surface area contributed by atoms with Crippen LogP contribution in [0.15, 0.2) is 24.3 Å². The van der Waals surface area contributed by atoms with Crippen molar-refractivity contribution in [2.75, 3.05) is 7.11 Å². The fourth-order valence-corrected chi connectivity index (χ4v) is 2.18. The Labute approximate surface area is 93.9 Å². The van der Waals surface area contributed by atoms with Gasteiger partial charge in [-0.25, -0.2) is 0 Å². The van der Waals surface area contributed by atoms with Crippen LogP contribution >= 0.6 is 0 Å². The van der Waals surface area contributed by atoms with Crippen molar-refractivity contribution in [3.8, 4) is 5.75 Å². The molecule has 1 rings (SSSR count). The maximum atomic E-state index is 5.16. The quantitative estimate of drug-likeness (QED) is 0.661. The molecule has 0 spiro atoms. The van der Waals surface area contributed by atoms with Gasteiger partial charge in [0.25, 0.3) is 0 Å². The van der Waals surface area contributed by atoms with Crippen LogP contribution in [-0.4, -0.2) is 13.8 Å². The molecule has 0 aliphatic carbocycles. The average molecular weight is 204 g/mol. The molecular formula is C13H21BO. The van der Waals surface area contributed by atoms with Crippen molar-refractivity contribution in [3.63, 3.8) is 0 Å². The van der Waals surface area contributed by atoms with Crippen LogP contribution in [0.4, 0.5) is 0 Å². The normalized spacial score (nSPS) is 12.3. The lowest BCUT2D eigenvalue weighted by atomic mass is 9.37. The molecule has 1 aromatic rings. The minimum Gasteiger partial charge on any atom is -0.497 e. The summed E-state index contributed by atoms with van der Waals surface area (Å²) in [4.78, 5) is 0. The minimum atomic E-state index is 0.644. The molecule has 82 valence electrons. The molecule has 0 N–H and O–H groups in total. The van der Waals surface area contributed by atoms with Crippen LogP contribution in [0.3, 0.4) is 0 Å². The predicted octanol–water partition coefficient (Wildman–Crippen LogP) is 3.87. The molecule has 0 amide bonds. The summed E-state index contributed by atoms with van der Waals surface area (Å²) in [6, 6.07) is 8.46. The lowest BCUT2D eigenvalue weighted by molar-refractivity contribution is 0.414. The monoisotopic (exact) mass is 204 g/mol. The topological polar surface area (TPSA) is 9.23 Å². The number of methoxy groups -OCH3 is 1. The molecule has 0 heterocycles. The predicted molar refractivity (Wildman–Crippen MR) is 68.1 cm³/mol. The highest BCUT2D eigenvalue weighted by molar-refractivity contribution is 6.60. The molecule has 0 fully saturated rings. The first kappa shape index (κ1) is 12.2. The Bertz CT molecular complexity index is 277. The molecule has 15 heavy (non-hydrogen) atoms. The van der Waals surface area contributed by atoms with Crippen LogP contribution in [0.5, 0.6) is 5.75 Å². The van der Waals surface area contributed by atoms with E-state index in [1.165, 1.54) is 18.2 Å². The van der Waals surface area contributed by atoms with Crippen molar-refractivity contribution < 1.29 is 4.74 Å². The lowest BCUT2D eigenvalue weighted by Crippen LogP contribution is -2.18. The maximum Gasteiger partial charge on any atom is 0.147 e. The highest BCUT2D eigenvalue weighted by Gasteiger charge is 2.18. The standard InChI is InChI=1S/C13H21BO/c1-5-14(6-2)11(3)12-7-9-13(15-4)10-8-12/h7-11H,5-6H2,1-4H3.